The molecule has 0 radical (unpaired) electrons. The highest BCUT2D eigenvalue weighted by atomic mass is 16.1. The van der Waals surface area contributed by atoms with Crippen LogP contribution in [0.4, 0.5) is 0 Å². The minimum atomic E-state index is 0.373. The van der Waals surface area contributed by atoms with Gasteiger partial charge in [-0.1, -0.05) is 19.4 Å². The van der Waals surface area contributed by atoms with E-state index >= 15 is 0 Å². The summed E-state index contributed by atoms with van der Waals surface area (Å²) in [4.78, 5) is 11.4. The lowest BCUT2D eigenvalue weighted by Crippen LogP contribution is -2.52. The monoisotopic (exact) mass is 190 g/mol. The molecule has 0 saturated heterocycles. The topological polar surface area (TPSA) is 17.1 Å². The van der Waals surface area contributed by atoms with Crippen molar-refractivity contribution in [1.29, 1.82) is 0 Å². The fraction of sp³-hybridized carbons (Fsp3) is 0.769. The van der Waals surface area contributed by atoms with E-state index in [2.05, 4.69) is 13.8 Å². The van der Waals surface area contributed by atoms with Gasteiger partial charge in [0.25, 0.3) is 0 Å². The van der Waals surface area contributed by atoms with E-state index < -0.39 is 0 Å². The molecule has 0 unspecified atom stereocenters. The molecule has 3 atom stereocenters. The molecule has 4 rings (SSSR count). The van der Waals surface area contributed by atoms with Gasteiger partial charge in [0, 0.05) is 6.42 Å². The van der Waals surface area contributed by atoms with Crippen molar-refractivity contribution in [2.75, 3.05) is 0 Å². The van der Waals surface area contributed by atoms with Gasteiger partial charge in [-0.2, -0.15) is 0 Å². The smallest absolute Gasteiger partial charge is 0.155 e. The Morgan fingerprint density at radius 1 is 1.36 bits per heavy atom. The second kappa shape index (κ2) is 2.50. The van der Waals surface area contributed by atoms with E-state index in [1.165, 1.54) is 18.4 Å². The number of rotatable bonds is 0. The second-order valence-electron chi connectivity index (χ2n) is 5.89. The predicted molar refractivity (Wildman–Crippen MR) is 55.8 cm³/mol. The molecule has 0 N–H and O–H groups in total. The van der Waals surface area contributed by atoms with Gasteiger partial charge in [0.2, 0.25) is 0 Å². The molecule has 0 amide bonds. The summed E-state index contributed by atoms with van der Waals surface area (Å²) in [5.74, 6) is 2.81. The fourth-order valence-corrected chi connectivity index (χ4v) is 3.82. The Kier molecular flexibility index (Phi) is 1.55. The lowest BCUT2D eigenvalue weighted by molar-refractivity contribution is -0.116. The Hall–Kier alpha value is -0.590. The summed E-state index contributed by atoms with van der Waals surface area (Å²) in [6.45, 7) is 4.75. The standard InChI is InChI=1S/C13H18O/c1-13(2)9-5-8-3-4-10(14)7-11(8)12(13)6-9/h7-9,12H,3-6H2,1-2H3/t8-,9+,12+/m1/s1. The zero-order chi connectivity index (χ0) is 9.92. The van der Waals surface area contributed by atoms with Crippen molar-refractivity contribution in [2.45, 2.75) is 39.5 Å². The number of hydrogen-bond acceptors (Lipinski definition) is 1. The van der Waals surface area contributed by atoms with Gasteiger partial charge in [-0.25, -0.2) is 0 Å². The fourth-order valence-electron chi connectivity index (χ4n) is 3.82. The van der Waals surface area contributed by atoms with E-state index in [0.29, 0.717) is 11.2 Å². The van der Waals surface area contributed by atoms with E-state index in [-0.39, 0.29) is 0 Å². The molecule has 4 aliphatic rings. The summed E-state index contributed by atoms with van der Waals surface area (Å²) >= 11 is 0. The largest absolute Gasteiger partial charge is 0.295 e. The zero-order valence-electron chi connectivity index (χ0n) is 9.05. The van der Waals surface area contributed by atoms with Gasteiger partial charge in [-0.15, -0.1) is 0 Å². The van der Waals surface area contributed by atoms with Gasteiger partial charge in [0.15, 0.2) is 5.78 Å². The Labute approximate surface area is 85.6 Å². The molecule has 4 aliphatic carbocycles. The third-order valence-electron chi connectivity index (χ3n) is 4.98. The highest BCUT2D eigenvalue weighted by Gasteiger charge is 2.55. The molecule has 0 aliphatic heterocycles. The average molecular weight is 190 g/mol. The van der Waals surface area contributed by atoms with Crippen molar-refractivity contribution in [2.24, 2.45) is 23.2 Å². The molecule has 0 spiro atoms. The first-order valence-corrected chi connectivity index (χ1v) is 5.83. The molecule has 2 bridgehead atoms. The van der Waals surface area contributed by atoms with Crippen LogP contribution in [0.3, 0.4) is 0 Å². The lowest BCUT2D eigenvalue weighted by atomic mass is 9.44. The molecule has 0 aromatic rings. The first-order valence-electron chi connectivity index (χ1n) is 5.83. The average Bonchev–Trinajstić information content (AvgIpc) is 2.16. The molecule has 76 valence electrons. The Bertz CT molecular complexity index is 324. The summed E-state index contributed by atoms with van der Waals surface area (Å²) in [7, 11) is 0. The van der Waals surface area contributed by atoms with Crippen LogP contribution < -0.4 is 0 Å². The second-order valence-corrected chi connectivity index (χ2v) is 5.89. The molecule has 1 heteroatoms. The maximum Gasteiger partial charge on any atom is 0.155 e. The van der Waals surface area contributed by atoms with Crippen LogP contribution in [0.15, 0.2) is 11.6 Å². The highest BCUT2D eigenvalue weighted by molar-refractivity contribution is 5.91. The van der Waals surface area contributed by atoms with Gasteiger partial charge in [0.1, 0.15) is 0 Å². The number of hydrogen-bond donors (Lipinski definition) is 0. The van der Waals surface area contributed by atoms with Crippen molar-refractivity contribution >= 4 is 5.78 Å². The summed E-state index contributed by atoms with van der Waals surface area (Å²) in [6, 6.07) is 0. The molecule has 1 nitrogen and oxygen atoms in total. The normalized spacial score (nSPS) is 43.7. The SMILES string of the molecule is CC1(C)[C@H]2C[C@H]3CCC(=O)C=C3[C@@H]1C2. The first kappa shape index (κ1) is 8.70. The number of carbonyl (C=O) groups excluding carboxylic acids is 1. The van der Waals surface area contributed by atoms with Crippen LogP contribution in [0.1, 0.15) is 39.5 Å². The van der Waals surface area contributed by atoms with E-state index in [0.717, 1.165) is 30.6 Å². The van der Waals surface area contributed by atoms with Crippen LogP contribution in [0.25, 0.3) is 0 Å². The van der Waals surface area contributed by atoms with Gasteiger partial charge in [0.05, 0.1) is 0 Å². The lowest BCUT2D eigenvalue weighted by Gasteiger charge is -2.60. The molecule has 3 fully saturated rings. The maximum absolute atomic E-state index is 11.4. The molecule has 0 aromatic heterocycles. The van der Waals surface area contributed by atoms with Gasteiger partial charge >= 0.3 is 0 Å². The first-order chi connectivity index (χ1) is 6.59. The van der Waals surface area contributed by atoms with Crippen LogP contribution in [0.5, 0.6) is 0 Å². The zero-order valence-corrected chi connectivity index (χ0v) is 9.05. The minimum absolute atomic E-state index is 0.373. The van der Waals surface area contributed by atoms with E-state index in [1.54, 1.807) is 0 Å². The molecular weight excluding hydrogens is 172 g/mol. The van der Waals surface area contributed by atoms with Gasteiger partial charge in [-0.3, -0.25) is 4.79 Å². The summed E-state index contributed by atoms with van der Waals surface area (Å²) in [5, 5.41) is 0. The molecule has 0 heterocycles. The van der Waals surface area contributed by atoms with Crippen LogP contribution in [0.2, 0.25) is 0 Å². The van der Waals surface area contributed by atoms with E-state index in [9.17, 15) is 4.79 Å². The van der Waals surface area contributed by atoms with Crippen LogP contribution in [0, 0.1) is 23.2 Å². The predicted octanol–water partition coefficient (Wildman–Crippen LogP) is 2.96. The minimum Gasteiger partial charge on any atom is -0.295 e. The van der Waals surface area contributed by atoms with Crippen molar-refractivity contribution in [3.8, 4) is 0 Å². The summed E-state index contributed by atoms with van der Waals surface area (Å²) in [6.07, 6.45) is 6.61. The summed E-state index contributed by atoms with van der Waals surface area (Å²) in [5.41, 5.74) is 1.99. The van der Waals surface area contributed by atoms with Crippen molar-refractivity contribution in [1.82, 2.24) is 0 Å². The Morgan fingerprint density at radius 3 is 2.86 bits per heavy atom. The van der Waals surface area contributed by atoms with Crippen LogP contribution >= 0.6 is 0 Å². The third-order valence-corrected chi connectivity index (χ3v) is 4.98. The molecule has 3 saturated carbocycles. The summed E-state index contributed by atoms with van der Waals surface area (Å²) < 4.78 is 0. The molecule has 14 heavy (non-hydrogen) atoms. The van der Waals surface area contributed by atoms with Gasteiger partial charge in [-0.05, 0) is 48.5 Å². The Morgan fingerprint density at radius 2 is 2.14 bits per heavy atom. The maximum atomic E-state index is 11.4. The van der Waals surface area contributed by atoms with Crippen LogP contribution in [-0.2, 0) is 4.79 Å². The van der Waals surface area contributed by atoms with E-state index in [1.807, 2.05) is 6.08 Å². The number of carbonyl (C=O) groups is 1. The number of ketones is 1. The quantitative estimate of drug-likeness (QED) is 0.574. The van der Waals surface area contributed by atoms with E-state index in [4.69, 9.17) is 0 Å². The number of allylic oxidation sites excluding steroid dienone is 2. The molecular formula is C13H18O. The van der Waals surface area contributed by atoms with Crippen molar-refractivity contribution < 1.29 is 4.79 Å². The Balaban J connectivity index is 1.97. The van der Waals surface area contributed by atoms with Gasteiger partial charge < -0.3 is 0 Å². The van der Waals surface area contributed by atoms with Crippen LogP contribution in [-0.4, -0.2) is 5.78 Å². The highest BCUT2D eigenvalue weighted by Crippen LogP contribution is 2.64. The third kappa shape index (κ3) is 0.933. The van der Waals surface area contributed by atoms with Crippen molar-refractivity contribution in [3.63, 3.8) is 0 Å². The van der Waals surface area contributed by atoms with Crippen molar-refractivity contribution in [3.05, 3.63) is 11.6 Å². The molecule has 0 aromatic carbocycles.